The number of pyridine rings is 1. The molecule has 3 heterocycles. The van der Waals surface area contributed by atoms with E-state index in [-0.39, 0.29) is 24.6 Å². The van der Waals surface area contributed by atoms with Crippen molar-refractivity contribution in [3.05, 3.63) is 32.9 Å². The van der Waals surface area contributed by atoms with Crippen LogP contribution in [0.2, 0.25) is 0 Å². The van der Waals surface area contributed by atoms with Gasteiger partial charge in [0, 0.05) is 43.2 Å². The zero-order valence-corrected chi connectivity index (χ0v) is 15.1. The summed E-state index contributed by atoms with van der Waals surface area (Å²) in [5.74, 6) is 1.26. The summed E-state index contributed by atoms with van der Waals surface area (Å²) in [5.41, 5.74) is 1.83. The SMILES string of the molecule is COC1C=c2c(c3nnc4cc5c(cc4c3n(C)c2=O)OCO5)=CC1OC. The van der Waals surface area contributed by atoms with Crippen LogP contribution in [0.4, 0.5) is 0 Å². The highest BCUT2D eigenvalue weighted by atomic mass is 16.7. The largest absolute Gasteiger partial charge is 0.454 e. The molecule has 0 amide bonds. The van der Waals surface area contributed by atoms with Crippen LogP contribution in [0.15, 0.2) is 16.9 Å². The highest BCUT2D eigenvalue weighted by molar-refractivity contribution is 6.03. The van der Waals surface area contributed by atoms with Crippen LogP contribution in [-0.2, 0) is 16.5 Å². The lowest BCUT2D eigenvalue weighted by Gasteiger charge is -2.22. The van der Waals surface area contributed by atoms with Gasteiger partial charge in [-0.3, -0.25) is 4.79 Å². The minimum absolute atomic E-state index is 0.127. The molecule has 0 spiro atoms. The Morgan fingerprint density at radius 1 is 1.04 bits per heavy atom. The van der Waals surface area contributed by atoms with Gasteiger partial charge < -0.3 is 23.5 Å². The maximum atomic E-state index is 13.1. The van der Waals surface area contributed by atoms with Gasteiger partial charge in [-0.15, -0.1) is 10.2 Å². The Labute approximate surface area is 153 Å². The number of fused-ring (bicyclic) bond motifs is 6. The van der Waals surface area contributed by atoms with Gasteiger partial charge in [-0.1, -0.05) is 0 Å². The minimum Gasteiger partial charge on any atom is -0.454 e. The number of aryl methyl sites for hydroxylation is 1. The molecule has 27 heavy (non-hydrogen) atoms. The van der Waals surface area contributed by atoms with Crippen molar-refractivity contribution in [3.8, 4) is 11.5 Å². The third kappa shape index (κ3) is 2.20. The van der Waals surface area contributed by atoms with Crippen molar-refractivity contribution in [2.75, 3.05) is 21.0 Å². The van der Waals surface area contributed by atoms with Crippen molar-refractivity contribution in [1.82, 2.24) is 14.8 Å². The number of ether oxygens (including phenoxy) is 4. The van der Waals surface area contributed by atoms with Gasteiger partial charge in [0.1, 0.15) is 17.7 Å². The summed E-state index contributed by atoms with van der Waals surface area (Å²) in [6.07, 6.45) is 3.01. The summed E-state index contributed by atoms with van der Waals surface area (Å²) < 4.78 is 23.5. The summed E-state index contributed by atoms with van der Waals surface area (Å²) in [7, 11) is 4.93. The maximum absolute atomic E-state index is 13.1. The fourth-order valence-electron chi connectivity index (χ4n) is 3.78. The van der Waals surface area contributed by atoms with Crippen LogP contribution in [0.1, 0.15) is 0 Å². The van der Waals surface area contributed by atoms with E-state index in [1.54, 1.807) is 38.0 Å². The van der Waals surface area contributed by atoms with Gasteiger partial charge >= 0.3 is 0 Å². The lowest BCUT2D eigenvalue weighted by atomic mass is 10.0. The normalized spacial score (nSPS) is 20.4. The van der Waals surface area contributed by atoms with E-state index >= 15 is 0 Å². The molecule has 2 unspecified atom stereocenters. The van der Waals surface area contributed by atoms with E-state index in [0.717, 1.165) is 5.39 Å². The molecule has 2 atom stereocenters. The molecule has 3 aromatic rings. The van der Waals surface area contributed by atoms with Crippen molar-refractivity contribution < 1.29 is 18.9 Å². The van der Waals surface area contributed by atoms with E-state index in [1.807, 2.05) is 12.1 Å². The Kier molecular flexibility index (Phi) is 3.46. The monoisotopic (exact) mass is 367 g/mol. The third-order valence-corrected chi connectivity index (χ3v) is 5.17. The van der Waals surface area contributed by atoms with Crippen molar-refractivity contribution >= 4 is 34.1 Å². The predicted octanol–water partition coefficient (Wildman–Crippen LogP) is -0.185. The fourth-order valence-corrected chi connectivity index (χ4v) is 3.78. The quantitative estimate of drug-likeness (QED) is 0.581. The molecule has 8 heteroatoms. The van der Waals surface area contributed by atoms with Gasteiger partial charge in [-0.2, -0.15) is 0 Å². The molecule has 1 aliphatic carbocycles. The van der Waals surface area contributed by atoms with E-state index in [4.69, 9.17) is 18.9 Å². The molecule has 2 aliphatic rings. The van der Waals surface area contributed by atoms with Crippen LogP contribution < -0.4 is 25.5 Å². The molecule has 1 aromatic carbocycles. The molecule has 8 nitrogen and oxygen atoms in total. The molecule has 0 fully saturated rings. The van der Waals surface area contributed by atoms with Crippen LogP contribution in [0.25, 0.3) is 34.1 Å². The summed E-state index contributed by atoms with van der Waals surface area (Å²) in [4.78, 5) is 13.1. The average Bonchev–Trinajstić information content (AvgIpc) is 3.15. The Morgan fingerprint density at radius 2 is 1.70 bits per heavy atom. The van der Waals surface area contributed by atoms with Crippen molar-refractivity contribution in [2.24, 2.45) is 7.05 Å². The van der Waals surface area contributed by atoms with Crippen LogP contribution in [-0.4, -0.2) is 48.0 Å². The Hall–Kier alpha value is -2.97. The molecule has 1 aliphatic heterocycles. The maximum Gasteiger partial charge on any atom is 0.258 e. The molecule has 0 saturated carbocycles. The summed E-state index contributed by atoms with van der Waals surface area (Å²) in [5, 5.41) is 10.8. The van der Waals surface area contributed by atoms with Gasteiger partial charge in [0.05, 0.1) is 11.0 Å². The first-order valence-electron chi connectivity index (χ1n) is 8.50. The lowest BCUT2D eigenvalue weighted by molar-refractivity contribution is 0.0304. The lowest BCUT2D eigenvalue weighted by Crippen LogP contribution is -2.50. The standard InChI is InChI=1S/C19H17N3O5/c1-22-18-11-6-15-16(27-8-26-15)7-12(11)20-21-17(18)9-4-13(24-2)14(25-3)5-10(9)19(22)23/h4-7,13-14H,8H2,1-3H3. The van der Waals surface area contributed by atoms with Crippen molar-refractivity contribution in [2.45, 2.75) is 12.2 Å². The number of hydrogen-bond donors (Lipinski definition) is 0. The fraction of sp³-hybridized carbons (Fsp3) is 0.316. The highest BCUT2D eigenvalue weighted by Gasteiger charge is 2.24. The zero-order chi connectivity index (χ0) is 18.7. The summed E-state index contributed by atoms with van der Waals surface area (Å²) >= 11 is 0. The zero-order valence-electron chi connectivity index (χ0n) is 15.1. The molecule has 0 radical (unpaired) electrons. The number of hydrogen-bond acceptors (Lipinski definition) is 7. The molecule has 0 saturated heterocycles. The van der Waals surface area contributed by atoms with Crippen LogP contribution in [0.3, 0.4) is 0 Å². The van der Waals surface area contributed by atoms with Crippen molar-refractivity contribution in [3.63, 3.8) is 0 Å². The Bertz CT molecular complexity index is 1280. The molecular formula is C19H17N3O5. The van der Waals surface area contributed by atoms with E-state index < -0.39 is 0 Å². The summed E-state index contributed by atoms with van der Waals surface area (Å²) in [6.45, 7) is 0.169. The van der Waals surface area contributed by atoms with E-state index in [0.29, 0.717) is 38.5 Å². The van der Waals surface area contributed by atoms with Gasteiger partial charge in [0.2, 0.25) is 6.79 Å². The number of aromatic nitrogens is 3. The van der Waals surface area contributed by atoms with Gasteiger partial charge in [0.25, 0.3) is 5.56 Å². The number of methoxy groups -OCH3 is 2. The molecule has 0 bridgehead atoms. The van der Waals surface area contributed by atoms with Crippen LogP contribution >= 0.6 is 0 Å². The minimum atomic E-state index is -0.338. The highest BCUT2D eigenvalue weighted by Crippen LogP contribution is 2.36. The first-order chi connectivity index (χ1) is 13.1. The molecule has 138 valence electrons. The van der Waals surface area contributed by atoms with E-state index in [1.165, 1.54) is 0 Å². The molecule has 0 N–H and O–H groups in total. The predicted molar refractivity (Wildman–Crippen MR) is 98.2 cm³/mol. The Morgan fingerprint density at radius 3 is 2.41 bits per heavy atom. The van der Waals surface area contributed by atoms with Gasteiger partial charge in [-0.05, 0) is 18.2 Å². The smallest absolute Gasteiger partial charge is 0.258 e. The summed E-state index contributed by atoms with van der Waals surface area (Å²) in [6, 6.07) is 3.63. The third-order valence-electron chi connectivity index (χ3n) is 5.17. The molecular weight excluding hydrogens is 350 g/mol. The van der Waals surface area contributed by atoms with Crippen molar-refractivity contribution in [1.29, 1.82) is 0 Å². The number of benzene rings is 1. The van der Waals surface area contributed by atoms with Crippen LogP contribution in [0, 0.1) is 0 Å². The van der Waals surface area contributed by atoms with Gasteiger partial charge in [-0.25, -0.2) is 0 Å². The average molecular weight is 367 g/mol. The Balaban J connectivity index is 1.96. The first kappa shape index (κ1) is 16.2. The van der Waals surface area contributed by atoms with Gasteiger partial charge in [0.15, 0.2) is 11.5 Å². The first-order valence-corrected chi connectivity index (χ1v) is 8.50. The van der Waals surface area contributed by atoms with E-state index in [2.05, 4.69) is 10.2 Å². The second-order valence-corrected chi connectivity index (χ2v) is 6.55. The topological polar surface area (TPSA) is 84.7 Å². The molecule has 5 rings (SSSR count). The van der Waals surface area contributed by atoms with Crippen LogP contribution in [0.5, 0.6) is 11.5 Å². The second-order valence-electron chi connectivity index (χ2n) is 6.55. The second kappa shape index (κ2) is 5.77. The van der Waals surface area contributed by atoms with E-state index in [9.17, 15) is 4.79 Å². The molecule has 2 aromatic heterocycles. The number of nitrogens with zero attached hydrogens (tertiary/aromatic N) is 3. The number of rotatable bonds is 2.